The van der Waals surface area contributed by atoms with Crippen molar-refractivity contribution < 1.29 is 5.11 Å². The van der Waals surface area contributed by atoms with Crippen molar-refractivity contribution in [1.29, 1.82) is 0 Å². The number of aromatic nitrogens is 3. The van der Waals surface area contributed by atoms with Crippen LogP contribution in [-0.2, 0) is 0 Å². The zero-order valence-electron chi connectivity index (χ0n) is 15.6. The van der Waals surface area contributed by atoms with Crippen LogP contribution in [0.1, 0.15) is 33.1 Å². The lowest BCUT2D eigenvalue weighted by molar-refractivity contribution is 0.153. The van der Waals surface area contributed by atoms with E-state index in [2.05, 4.69) is 51.3 Å². The van der Waals surface area contributed by atoms with E-state index in [1.807, 2.05) is 0 Å². The number of hydrogen-bond acceptors (Lipinski definition) is 8. The lowest BCUT2D eigenvalue weighted by atomic mass is 9.84. The van der Waals surface area contributed by atoms with Gasteiger partial charge in [-0.05, 0) is 52.6 Å². The Morgan fingerprint density at radius 2 is 1.96 bits per heavy atom. The molecule has 140 valence electrons. The van der Waals surface area contributed by atoms with Crippen LogP contribution in [0.15, 0.2) is 0 Å². The number of likely N-dealkylation sites (tertiary alicyclic amines) is 1. The number of piperidine rings is 2. The molecule has 8 nitrogen and oxygen atoms in total. The molecular weight excluding hydrogens is 318 g/mol. The average Bonchev–Trinajstić information content (AvgIpc) is 2.58. The van der Waals surface area contributed by atoms with E-state index in [4.69, 9.17) is 10.1 Å². The van der Waals surface area contributed by atoms with Gasteiger partial charge in [0.1, 0.15) is 0 Å². The molecule has 0 bridgehead atoms. The van der Waals surface area contributed by atoms with Crippen LogP contribution in [0.3, 0.4) is 0 Å². The maximum Gasteiger partial charge on any atom is 0.232 e. The second kappa shape index (κ2) is 8.14. The fourth-order valence-electron chi connectivity index (χ4n) is 3.90. The maximum atomic E-state index is 9.08. The summed E-state index contributed by atoms with van der Waals surface area (Å²) in [6, 6.07) is 0.753. The average molecular weight is 349 g/mol. The Labute approximate surface area is 150 Å². The van der Waals surface area contributed by atoms with Gasteiger partial charge in [0.05, 0.1) is 6.61 Å². The Morgan fingerprint density at radius 1 is 1.16 bits per heavy atom. The highest BCUT2D eigenvalue weighted by Crippen LogP contribution is 2.32. The van der Waals surface area contributed by atoms with Crippen molar-refractivity contribution in [3.05, 3.63) is 0 Å². The monoisotopic (exact) mass is 349 g/mol. The van der Waals surface area contributed by atoms with E-state index in [1.165, 1.54) is 12.8 Å². The third-order valence-electron chi connectivity index (χ3n) is 4.96. The predicted molar refractivity (Wildman–Crippen MR) is 100 cm³/mol. The molecule has 1 aromatic rings. The minimum absolute atomic E-state index is 0.0503. The van der Waals surface area contributed by atoms with Crippen LogP contribution in [-0.4, -0.2) is 76.9 Å². The minimum Gasteiger partial charge on any atom is -0.395 e. The number of nitrogens with zero attached hydrogens (tertiary/aromatic N) is 5. The molecule has 0 unspecified atom stereocenters. The molecule has 0 aromatic carbocycles. The molecule has 2 saturated heterocycles. The van der Waals surface area contributed by atoms with Crippen molar-refractivity contribution in [2.75, 3.05) is 55.4 Å². The molecule has 0 radical (unpaired) electrons. The van der Waals surface area contributed by atoms with Gasteiger partial charge in [-0.3, -0.25) is 0 Å². The summed E-state index contributed by atoms with van der Waals surface area (Å²) in [5.41, 5.74) is 0. The first-order valence-electron chi connectivity index (χ1n) is 9.39. The standard InChI is InChI=1S/C17H31N7O/c1-12(2)19-16-20-15(18-7-10-25)21-17(22-16)24-8-4-5-13-11-23(3)9-6-14(13)24/h12-14,25H,4-11H2,1-3H3,(H2,18,19,20,21,22)/t13-,14-/m0/s1. The summed E-state index contributed by atoms with van der Waals surface area (Å²) in [6.45, 7) is 7.89. The molecule has 3 rings (SSSR count). The van der Waals surface area contributed by atoms with Gasteiger partial charge in [0.25, 0.3) is 0 Å². The van der Waals surface area contributed by atoms with Crippen molar-refractivity contribution in [3.8, 4) is 0 Å². The van der Waals surface area contributed by atoms with E-state index in [0.717, 1.165) is 32.0 Å². The Bertz CT molecular complexity index is 568. The Balaban J connectivity index is 1.85. The van der Waals surface area contributed by atoms with Gasteiger partial charge in [-0.25, -0.2) is 0 Å². The first-order valence-corrected chi connectivity index (χ1v) is 9.39. The molecule has 0 spiro atoms. The topological polar surface area (TPSA) is 89.4 Å². The van der Waals surface area contributed by atoms with Gasteiger partial charge in [0, 0.05) is 31.7 Å². The highest BCUT2D eigenvalue weighted by molar-refractivity contribution is 5.45. The number of aliphatic hydroxyl groups is 1. The molecule has 2 aliphatic rings. The van der Waals surface area contributed by atoms with Crippen LogP contribution < -0.4 is 15.5 Å². The maximum absolute atomic E-state index is 9.08. The summed E-state index contributed by atoms with van der Waals surface area (Å²) >= 11 is 0. The Hall–Kier alpha value is -1.67. The molecular formula is C17H31N7O. The summed E-state index contributed by atoms with van der Waals surface area (Å²) < 4.78 is 0. The molecule has 0 aliphatic carbocycles. The van der Waals surface area contributed by atoms with E-state index < -0.39 is 0 Å². The molecule has 3 heterocycles. The molecule has 0 amide bonds. The molecule has 1 aromatic heterocycles. The highest BCUT2D eigenvalue weighted by atomic mass is 16.3. The van der Waals surface area contributed by atoms with Crippen LogP contribution in [0.5, 0.6) is 0 Å². The van der Waals surface area contributed by atoms with E-state index >= 15 is 0 Å². The molecule has 2 aliphatic heterocycles. The van der Waals surface area contributed by atoms with Crippen LogP contribution in [0.25, 0.3) is 0 Å². The summed E-state index contributed by atoms with van der Waals surface area (Å²) in [4.78, 5) is 18.6. The quantitative estimate of drug-likeness (QED) is 0.701. The molecule has 8 heteroatoms. The lowest BCUT2D eigenvalue weighted by Crippen LogP contribution is -2.54. The minimum atomic E-state index is 0.0503. The van der Waals surface area contributed by atoms with E-state index in [0.29, 0.717) is 30.4 Å². The van der Waals surface area contributed by atoms with Gasteiger partial charge in [0.15, 0.2) is 0 Å². The third-order valence-corrected chi connectivity index (χ3v) is 4.96. The molecule has 25 heavy (non-hydrogen) atoms. The molecule has 3 N–H and O–H groups in total. The van der Waals surface area contributed by atoms with Crippen LogP contribution in [0.2, 0.25) is 0 Å². The Kier molecular flexibility index (Phi) is 5.90. The van der Waals surface area contributed by atoms with Crippen molar-refractivity contribution in [2.45, 2.75) is 45.2 Å². The SMILES string of the molecule is CC(C)Nc1nc(NCCO)nc(N2CCC[C@H]3CN(C)CC[C@@H]32)n1. The van der Waals surface area contributed by atoms with Gasteiger partial charge < -0.3 is 25.5 Å². The second-order valence-corrected chi connectivity index (χ2v) is 7.45. The number of anilines is 3. The first-order chi connectivity index (χ1) is 12.1. The number of rotatable bonds is 6. The van der Waals surface area contributed by atoms with Gasteiger partial charge in [-0.1, -0.05) is 0 Å². The van der Waals surface area contributed by atoms with E-state index in [9.17, 15) is 0 Å². The molecule has 0 saturated carbocycles. The molecule has 2 atom stereocenters. The van der Waals surface area contributed by atoms with Gasteiger partial charge in [-0.15, -0.1) is 0 Å². The van der Waals surface area contributed by atoms with E-state index in [1.54, 1.807) is 0 Å². The number of hydrogen-bond donors (Lipinski definition) is 3. The van der Waals surface area contributed by atoms with Crippen molar-refractivity contribution in [2.24, 2.45) is 5.92 Å². The van der Waals surface area contributed by atoms with E-state index in [-0.39, 0.29) is 12.6 Å². The third kappa shape index (κ3) is 4.49. The summed E-state index contributed by atoms with van der Waals surface area (Å²) in [5.74, 6) is 2.55. The largest absolute Gasteiger partial charge is 0.395 e. The van der Waals surface area contributed by atoms with Crippen molar-refractivity contribution in [3.63, 3.8) is 0 Å². The van der Waals surface area contributed by atoms with Crippen molar-refractivity contribution >= 4 is 17.8 Å². The number of aliphatic hydroxyl groups excluding tert-OH is 1. The second-order valence-electron chi connectivity index (χ2n) is 7.45. The van der Waals surface area contributed by atoms with Crippen LogP contribution in [0.4, 0.5) is 17.8 Å². The Morgan fingerprint density at radius 3 is 2.72 bits per heavy atom. The number of nitrogens with one attached hydrogen (secondary N) is 2. The van der Waals surface area contributed by atoms with Crippen LogP contribution >= 0.6 is 0 Å². The summed E-state index contributed by atoms with van der Waals surface area (Å²) in [7, 11) is 2.21. The van der Waals surface area contributed by atoms with Gasteiger partial charge in [-0.2, -0.15) is 15.0 Å². The molecule has 2 fully saturated rings. The zero-order chi connectivity index (χ0) is 17.8. The number of fused-ring (bicyclic) bond motifs is 1. The van der Waals surface area contributed by atoms with Crippen LogP contribution in [0, 0.1) is 5.92 Å². The van der Waals surface area contributed by atoms with Gasteiger partial charge >= 0.3 is 0 Å². The predicted octanol–water partition coefficient (Wildman–Crippen LogP) is 1.02. The van der Waals surface area contributed by atoms with Gasteiger partial charge in [0.2, 0.25) is 17.8 Å². The zero-order valence-corrected chi connectivity index (χ0v) is 15.6. The first kappa shape index (κ1) is 18.1. The smallest absolute Gasteiger partial charge is 0.232 e. The summed E-state index contributed by atoms with van der Waals surface area (Å²) in [5, 5.41) is 15.4. The fraction of sp³-hybridized carbons (Fsp3) is 0.824. The lowest BCUT2D eigenvalue weighted by Gasteiger charge is -2.46. The summed E-state index contributed by atoms with van der Waals surface area (Å²) in [6.07, 6.45) is 3.61. The normalized spacial score (nSPS) is 24.3. The fourth-order valence-corrected chi connectivity index (χ4v) is 3.90. The van der Waals surface area contributed by atoms with Crippen molar-refractivity contribution in [1.82, 2.24) is 19.9 Å². The highest BCUT2D eigenvalue weighted by Gasteiger charge is 2.36.